The SMILES string of the molecule is CC(C)(C)CCOc1ccc(C2=NCC(=O)NN2)cc1C(F)(F)F. The summed E-state index contributed by atoms with van der Waals surface area (Å²) in [5, 5.41) is 0. The monoisotopic (exact) mass is 343 g/mol. The molecule has 0 bridgehead atoms. The maximum Gasteiger partial charge on any atom is 0.419 e. The van der Waals surface area contributed by atoms with Crippen LogP contribution in [0.15, 0.2) is 23.2 Å². The number of amidine groups is 1. The van der Waals surface area contributed by atoms with E-state index < -0.39 is 11.7 Å². The molecule has 1 heterocycles. The van der Waals surface area contributed by atoms with Crippen LogP contribution in [-0.2, 0) is 11.0 Å². The van der Waals surface area contributed by atoms with Gasteiger partial charge in [0, 0.05) is 5.56 Å². The van der Waals surface area contributed by atoms with E-state index in [1.54, 1.807) is 0 Å². The molecule has 24 heavy (non-hydrogen) atoms. The summed E-state index contributed by atoms with van der Waals surface area (Å²) in [5.41, 5.74) is 4.14. The Morgan fingerprint density at radius 1 is 1.21 bits per heavy atom. The van der Waals surface area contributed by atoms with E-state index in [0.717, 1.165) is 6.07 Å². The number of hydrazine groups is 1. The molecule has 1 amide bonds. The van der Waals surface area contributed by atoms with E-state index in [-0.39, 0.29) is 41.6 Å². The summed E-state index contributed by atoms with van der Waals surface area (Å²) in [7, 11) is 0. The van der Waals surface area contributed by atoms with Gasteiger partial charge in [0.2, 0.25) is 0 Å². The Balaban J connectivity index is 2.24. The summed E-state index contributed by atoms with van der Waals surface area (Å²) in [6, 6.07) is 3.72. The molecule has 0 saturated heterocycles. The normalized spacial score (nSPS) is 15.4. The van der Waals surface area contributed by atoms with Crippen molar-refractivity contribution in [3.05, 3.63) is 29.3 Å². The summed E-state index contributed by atoms with van der Waals surface area (Å²) in [6.45, 7) is 6.04. The molecule has 0 atom stereocenters. The Bertz CT molecular complexity index is 649. The molecule has 0 spiro atoms. The fourth-order valence-corrected chi connectivity index (χ4v) is 2.01. The van der Waals surface area contributed by atoms with Crippen molar-refractivity contribution in [1.29, 1.82) is 0 Å². The van der Waals surface area contributed by atoms with Crippen molar-refractivity contribution in [1.82, 2.24) is 10.9 Å². The average molecular weight is 343 g/mol. The lowest BCUT2D eigenvalue weighted by Crippen LogP contribution is -2.47. The summed E-state index contributed by atoms with van der Waals surface area (Å²) in [6.07, 6.45) is -3.92. The second kappa shape index (κ2) is 6.70. The van der Waals surface area contributed by atoms with Crippen molar-refractivity contribution in [2.45, 2.75) is 33.4 Å². The number of nitrogens with one attached hydrogen (secondary N) is 2. The number of ether oxygens (including phenoxy) is 1. The van der Waals surface area contributed by atoms with Gasteiger partial charge in [-0.3, -0.25) is 20.6 Å². The van der Waals surface area contributed by atoms with Gasteiger partial charge in [0.15, 0.2) is 0 Å². The molecule has 5 nitrogen and oxygen atoms in total. The van der Waals surface area contributed by atoms with Gasteiger partial charge in [-0.25, -0.2) is 0 Å². The second-order valence-electron chi connectivity index (χ2n) is 6.71. The van der Waals surface area contributed by atoms with Gasteiger partial charge in [0.1, 0.15) is 18.1 Å². The van der Waals surface area contributed by atoms with Gasteiger partial charge in [0.25, 0.3) is 5.91 Å². The van der Waals surface area contributed by atoms with Gasteiger partial charge in [-0.15, -0.1) is 0 Å². The summed E-state index contributed by atoms with van der Waals surface area (Å²) in [4.78, 5) is 15.0. The van der Waals surface area contributed by atoms with Crippen LogP contribution in [0.5, 0.6) is 5.75 Å². The molecule has 132 valence electrons. The van der Waals surface area contributed by atoms with E-state index in [1.807, 2.05) is 20.8 Å². The first-order valence-corrected chi connectivity index (χ1v) is 7.50. The molecular formula is C16H20F3N3O2. The number of rotatable bonds is 4. The second-order valence-corrected chi connectivity index (χ2v) is 6.71. The maximum absolute atomic E-state index is 13.3. The van der Waals surface area contributed by atoms with E-state index in [0.29, 0.717) is 6.42 Å². The van der Waals surface area contributed by atoms with Crippen LogP contribution >= 0.6 is 0 Å². The topological polar surface area (TPSA) is 62.7 Å². The summed E-state index contributed by atoms with van der Waals surface area (Å²) >= 11 is 0. The van der Waals surface area contributed by atoms with Crippen LogP contribution in [-0.4, -0.2) is 24.9 Å². The molecule has 1 aliphatic rings. The third-order valence-electron chi connectivity index (χ3n) is 3.37. The third-order valence-corrected chi connectivity index (χ3v) is 3.37. The number of hydrogen-bond donors (Lipinski definition) is 2. The third kappa shape index (κ3) is 4.87. The van der Waals surface area contributed by atoms with E-state index in [9.17, 15) is 18.0 Å². The Morgan fingerprint density at radius 3 is 2.46 bits per heavy atom. The predicted molar refractivity (Wildman–Crippen MR) is 83.7 cm³/mol. The van der Waals surface area contributed by atoms with E-state index in [2.05, 4.69) is 15.8 Å². The Labute approximate surface area is 138 Å². The lowest BCUT2D eigenvalue weighted by atomic mass is 9.93. The van der Waals surface area contributed by atoms with Gasteiger partial charge in [-0.1, -0.05) is 20.8 Å². The predicted octanol–water partition coefficient (Wildman–Crippen LogP) is 2.90. The molecule has 2 rings (SSSR count). The van der Waals surface area contributed by atoms with Crippen molar-refractivity contribution in [2.75, 3.05) is 13.2 Å². The standard InChI is InChI=1S/C16H20F3N3O2/c1-15(2,3)6-7-24-12-5-4-10(8-11(12)16(17,18)19)14-20-9-13(23)21-22-14/h4-5,8H,6-7,9H2,1-3H3,(H,20,22)(H,21,23). The average Bonchev–Trinajstić information content (AvgIpc) is 2.46. The zero-order valence-electron chi connectivity index (χ0n) is 13.8. The summed E-state index contributed by atoms with van der Waals surface area (Å²) < 4.78 is 45.3. The van der Waals surface area contributed by atoms with Gasteiger partial charge in [0.05, 0.1) is 12.2 Å². The molecule has 1 aromatic carbocycles. The lowest BCUT2D eigenvalue weighted by molar-refractivity contribution is -0.139. The largest absolute Gasteiger partial charge is 0.493 e. The minimum absolute atomic E-state index is 0.0305. The van der Waals surface area contributed by atoms with Gasteiger partial charge >= 0.3 is 6.18 Å². The van der Waals surface area contributed by atoms with Crippen LogP contribution in [0.3, 0.4) is 0 Å². The number of benzene rings is 1. The number of alkyl halides is 3. The zero-order chi connectivity index (χ0) is 18.0. The number of halogens is 3. The van der Waals surface area contributed by atoms with Gasteiger partial charge in [-0.2, -0.15) is 13.2 Å². The minimum Gasteiger partial charge on any atom is -0.493 e. The number of aliphatic imine (C=N–C) groups is 1. The van der Waals surface area contributed by atoms with Crippen LogP contribution in [0, 0.1) is 5.41 Å². The maximum atomic E-state index is 13.3. The number of carbonyl (C=O) groups is 1. The molecule has 0 aliphatic carbocycles. The smallest absolute Gasteiger partial charge is 0.419 e. The highest BCUT2D eigenvalue weighted by molar-refractivity contribution is 6.02. The summed E-state index contributed by atoms with van der Waals surface area (Å²) in [5.74, 6) is -0.380. The first-order valence-electron chi connectivity index (χ1n) is 7.50. The molecule has 0 radical (unpaired) electrons. The van der Waals surface area contributed by atoms with Crippen LogP contribution < -0.4 is 15.6 Å². The number of hydrogen-bond acceptors (Lipinski definition) is 4. The quantitative estimate of drug-likeness (QED) is 0.884. The van der Waals surface area contributed by atoms with Crippen LogP contribution in [0.1, 0.15) is 38.3 Å². The van der Waals surface area contributed by atoms with Crippen LogP contribution in [0.4, 0.5) is 13.2 Å². The van der Waals surface area contributed by atoms with E-state index in [4.69, 9.17) is 4.74 Å². The van der Waals surface area contributed by atoms with Crippen molar-refractivity contribution in [3.63, 3.8) is 0 Å². The number of nitrogens with zero attached hydrogens (tertiary/aromatic N) is 1. The Hall–Kier alpha value is -2.25. The molecule has 0 aromatic heterocycles. The zero-order valence-corrected chi connectivity index (χ0v) is 13.8. The Kier molecular flexibility index (Phi) is 5.05. The van der Waals surface area contributed by atoms with Gasteiger partial charge in [-0.05, 0) is 30.0 Å². The number of amides is 1. The molecule has 0 saturated carbocycles. The highest BCUT2D eigenvalue weighted by atomic mass is 19.4. The highest BCUT2D eigenvalue weighted by Crippen LogP contribution is 2.37. The molecule has 1 aliphatic heterocycles. The van der Waals surface area contributed by atoms with Crippen molar-refractivity contribution >= 4 is 11.7 Å². The van der Waals surface area contributed by atoms with Crippen molar-refractivity contribution in [2.24, 2.45) is 10.4 Å². The molecule has 0 fully saturated rings. The number of carbonyl (C=O) groups excluding carboxylic acids is 1. The first-order chi connectivity index (χ1) is 11.1. The molecule has 2 N–H and O–H groups in total. The Morgan fingerprint density at radius 2 is 1.92 bits per heavy atom. The highest BCUT2D eigenvalue weighted by Gasteiger charge is 2.35. The van der Waals surface area contributed by atoms with Crippen LogP contribution in [0.25, 0.3) is 0 Å². The van der Waals surface area contributed by atoms with Gasteiger partial charge < -0.3 is 4.74 Å². The van der Waals surface area contributed by atoms with E-state index in [1.165, 1.54) is 12.1 Å². The van der Waals surface area contributed by atoms with Crippen LogP contribution in [0.2, 0.25) is 0 Å². The molecule has 1 aromatic rings. The molecular weight excluding hydrogens is 323 g/mol. The molecule has 8 heteroatoms. The van der Waals surface area contributed by atoms with Crippen molar-refractivity contribution in [3.8, 4) is 5.75 Å². The minimum atomic E-state index is -4.55. The van der Waals surface area contributed by atoms with Crippen molar-refractivity contribution < 1.29 is 22.7 Å². The lowest BCUT2D eigenvalue weighted by Gasteiger charge is -2.21. The van der Waals surface area contributed by atoms with E-state index >= 15 is 0 Å². The fourth-order valence-electron chi connectivity index (χ4n) is 2.01. The fraction of sp³-hybridized carbons (Fsp3) is 0.500. The first kappa shape index (κ1) is 18.1. The molecule has 0 unspecified atom stereocenters.